The smallest absolute Gasteiger partial charge is 0.251 e. The van der Waals surface area contributed by atoms with Crippen molar-refractivity contribution in [3.05, 3.63) is 36.6 Å². The Hall–Kier alpha value is -1.31. The first kappa shape index (κ1) is 11.8. The van der Waals surface area contributed by atoms with Crippen molar-refractivity contribution < 1.29 is 4.79 Å². The number of carbonyl (C=O) groups excluding carboxylic acids is 1. The number of unbranched alkanes of at least 4 members (excludes halogenated alkanes) is 1. The molecule has 96 valence electrons. The number of allylic oxidation sites excluding steroid dienone is 3. The molecule has 0 aromatic rings. The molecule has 0 aromatic carbocycles. The molecule has 1 saturated carbocycles. The summed E-state index contributed by atoms with van der Waals surface area (Å²) in [6.45, 7) is 4.72. The molecule has 0 N–H and O–H groups in total. The number of hydrogen-bond donors (Lipinski definition) is 0. The van der Waals surface area contributed by atoms with Crippen LogP contribution in [-0.4, -0.2) is 17.4 Å². The minimum absolute atomic E-state index is 0.0999. The van der Waals surface area contributed by atoms with E-state index in [1.165, 1.54) is 25.7 Å². The lowest BCUT2D eigenvalue weighted by Crippen LogP contribution is -2.24. The second kappa shape index (κ2) is 4.75. The number of carbonyl (C=O) groups is 1. The SMILES string of the molecule is C=C1C=CC(=O)N1CCCCC1CC2C=CC1C2. The molecule has 3 aliphatic rings. The van der Waals surface area contributed by atoms with E-state index in [-0.39, 0.29) is 5.91 Å². The fourth-order valence-electron chi connectivity index (χ4n) is 3.65. The van der Waals surface area contributed by atoms with E-state index < -0.39 is 0 Å². The number of fused-ring (bicyclic) bond motifs is 2. The van der Waals surface area contributed by atoms with E-state index in [1.54, 1.807) is 11.0 Å². The van der Waals surface area contributed by atoms with E-state index in [0.29, 0.717) is 0 Å². The molecule has 0 saturated heterocycles. The molecule has 0 radical (unpaired) electrons. The Morgan fingerprint density at radius 3 is 2.72 bits per heavy atom. The van der Waals surface area contributed by atoms with E-state index in [4.69, 9.17) is 0 Å². The minimum atomic E-state index is 0.0999. The zero-order valence-corrected chi connectivity index (χ0v) is 10.8. The van der Waals surface area contributed by atoms with Crippen LogP contribution < -0.4 is 0 Å². The van der Waals surface area contributed by atoms with Crippen LogP contribution in [0.4, 0.5) is 0 Å². The average Bonchev–Trinajstić information content (AvgIpc) is 3.04. The first-order valence-corrected chi connectivity index (χ1v) is 7.11. The van der Waals surface area contributed by atoms with E-state index in [1.807, 2.05) is 6.08 Å². The first-order chi connectivity index (χ1) is 8.74. The zero-order chi connectivity index (χ0) is 12.5. The molecule has 1 heterocycles. The average molecular weight is 243 g/mol. The van der Waals surface area contributed by atoms with Gasteiger partial charge in [-0.3, -0.25) is 4.79 Å². The molecule has 3 rings (SSSR count). The highest BCUT2D eigenvalue weighted by Crippen LogP contribution is 2.45. The molecular formula is C16H21NO. The maximum atomic E-state index is 11.5. The summed E-state index contributed by atoms with van der Waals surface area (Å²) < 4.78 is 0. The van der Waals surface area contributed by atoms with E-state index >= 15 is 0 Å². The lowest BCUT2D eigenvalue weighted by molar-refractivity contribution is -0.123. The van der Waals surface area contributed by atoms with Crippen LogP contribution in [0.2, 0.25) is 0 Å². The van der Waals surface area contributed by atoms with Crippen LogP contribution in [0, 0.1) is 17.8 Å². The number of rotatable bonds is 5. The summed E-state index contributed by atoms with van der Waals surface area (Å²) in [5, 5.41) is 0. The monoisotopic (exact) mass is 243 g/mol. The first-order valence-electron chi connectivity index (χ1n) is 7.11. The van der Waals surface area contributed by atoms with Crippen molar-refractivity contribution in [3.63, 3.8) is 0 Å². The fourth-order valence-corrected chi connectivity index (χ4v) is 3.65. The standard InChI is InChI=1S/C16H21NO/c1-12-5-8-16(18)17(12)9-3-2-4-14-10-13-6-7-15(14)11-13/h5-8,13-15H,1-4,9-11H2. The van der Waals surface area contributed by atoms with Crippen molar-refractivity contribution >= 4 is 5.91 Å². The van der Waals surface area contributed by atoms with Crippen molar-refractivity contribution in [1.29, 1.82) is 0 Å². The van der Waals surface area contributed by atoms with Crippen LogP contribution in [0.15, 0.2) is 36.6 Å². The van der Waals surface area contributed by atoms with Gasteiger partial charge in [-0.15, -0.1) is 0 Å². The molecule has 0 spiro atoms. The van der Waals surface area contributed by atoms with Crippen LogP contribution >= 0.6 is 0 Å². The van der Waals surface area contributed by atoms with Gasteiger partial charge in [0.15, 0.2) is 0 Å². The predicted octanol–water partition coefficient (Wildman–Crippen LogP) is 3.28. The molecule has 1 amide bonds. The van der Waals surface area contributed by atoms with Gasteiger partial charge in [-0.25, -0.2) is 0 Å². The Morgan fingerprint density at radius 1 is 1.22 bits per heavy atom. The summed E-state index contributed by atoms with van der Waals surface area (Å²) in [4.78, 5) is 13.3. The third-order valence-electron chi connectivity index (χ3n) is 4.65. The highest BCUT2D eigenvalue weighted by molar-refractivity contribution is 5.92. The summed E-state index contributed by atoms with van der Waals surface area (Å²) in [5.41, 5.74) is 0.850. The highest BCUT2D eigenvalue weighted by atomic mass is 16.2. The van der Waals surface area contributed by atoms with Crippen LogP contribution in [-0.2, 0) is 4.79 Å². The molecule has 0 aromatic heterocycles. The second-order valence-electron chi connectivity index (χ2n) is 5.85. The van der Waals surface area contributed by atoms with Crippen LogP contribution in [0.25, 0.3) is 0 Å². The summed E-state index contributed by atoms with van der Waals surface area (Å²) in [6.07, 6.45) is 14.7. The Kier molecular flexibility index (Phi) is 3.11. The molecule has 1 fully saturated rings. The van der Waals surface area contributed by atoms with Gasteiger partial charge in [0.1, 0.15) is 0 Å². The molecule has 3 atom stereocenters. The lowest BCUT2D eigenvalue weighted by Gasteiger charge is -2.20. The fraction of sp³-hybridized carbons (Fsp3) is 0.562. The lowest BCUT2D eigenvalue weighted by atomic mass is 9.89. The van der Waals surface area contributed by atoms with Crippen molar-refractivity contribution in [1.82, 2.24) is 4.90 Å². The summed E-state index contributed by atoms with van der Waals surface area (Å²) in [7, 11) is 0. The largest absolute Gasteiger partial charge is 0.309 e. The number of nitrogens with zero attached hydrogens (tertiary/aromatic N) is 1. The quantitative estimate of drug-likeness (QED) is 0.536. The van der Waals surface area contributed by atoms with Crippen molar-refractivity contribution in [2.24, 2.45) is 17.8 Å². The topological polar surface area (TPSA) is 20.3 Å². The molecule has 18 heavy (non-hydrogen) atoms. The van der Waals surface area contributed by atoms with Gasteiger partial charge in [-0.1, -0.05) is 25.2 Å². The van der Waals surface area contributed by atoms with E-state index in [2.05, 4.69) is 18.7 Å². The number of hydrogen-bond acceptors (Lipinski definition) is 1. The molecule has 2 heteroatoms. The third-order valence-corrected chi connectivity index (χ3v) is 4.65. The molecule has 3 unspecified atom stereocenters. The van der Waals surface area contributed by atoms with Gasteiger partial charge in [0.05, 0.1) is 0 Å². The van der Waals surface area contributed by atoms with E-state index in [0.717, 1.165) is 36.4 Å². The Morgan fingerprint density at radius 2 is 2.11 bits per heavy atom. The molecular weight excluding hydrogens is 222 g/mol. The molecule has 1 aliphatic heterocycles. The number of amides is 1. The van der Waals surface area contributed by atoms with Gasteiger partial charge < -0.3 is 4.90 Å². The second-order valence-corrected chi connectivity index (χ2v) is 5.85. The zero-order valence-electron chi connectivity index (χ0n) is 10.8. The molecule has 2 bridgehead atoms. The molecule has 2 aliphatic carbocycles. The predicted molar refractivity (Wildman–Crippen MR) is 72.7 cm³/mol. The minimum Gasteiger partial charge on any atom is -0.309 e. The van der Waals surface area contributed by atoms with Gasteiger partial charge >= 0.3 is 0 Å². The Bertz CT molecular complexity index is 403. The van der Waals surface area contributed by atoms with Gasteiger partial charge in [0.2, 0.25) is 0 Å². The normalized spacial score (nSPS) is 33.1. The summed E-state index contributed by atoms with van der Waals surface area (Å²) >= 11 is 0. The van der Waals surface area contributed by atoms with Crippen molar-refractivity contribution in [2.75, 3.05) is 6.54 Å². The van der Waals surface area contributed by atoms with Gasteiger partial charge in [-0.2, -0.15) is 0 Å². The Balaban J connectivity index is 1.37. The van der Waals surface area contributed by atoms with Crippen LogP contribution in [0.5, 0.6) is 0 Å². The van der Waals surface area contributed by atoms with Gasteiger partial charge in [-0.05, 0) is 49.5 Å². The van der Waals surface area contributed by atoms with Gasteiger partial charge in [0.25, 0.3) is 5.91 Å². The maximum Gasteiger partial charge on any atom is 0.251 e. The van der Waals surface area contributed by atoms with Crippen LogP contribution in [0.3, 0.4) is 0 Å². The molecule has 2 nitrogen and oxygen atoms in total. The van der Waals surface area contributed by atoms with Crippen molar-refractivity contribution in [2.45, 2.75) is 32.1 Å². The van der Waals surface area contributed by atoms with Crippen molar-refractivity contribution in [3.8, 4) is 0 Å². The third kappa shape index (κ3) is 2.16. The highest BCUT2D eigenvalue weighted by Gasteiger charge is 2.34. The summed E-state index contributed by atoms with van der Waals surface area (Å²) in [5.74, 6) is 2.75. The summed E-state index contributed by atoms with van der Waals surface area (Å²) in [6, 6.07) is 0. The van der Waals surface area contributed by atoms with Crippen LogP contribution in [0.1, 0.15) is 32.1 Å². The Labute approximate surface area is 109 Å². The van der Waals surface area contributed by atoms with Gasteiger partial charge in [0, 0.05) is 18.3 Å². The van der Waals surface area contributed by atoms with E-state index in [9.17, 15) is 4.79 Å². The maximum absolute atomic E-state index is 11.5.